The first-order valence-corrected chi connectivity index (χ1v) is 11.6. The molecule has 2 aromatic carbocycles. The van der Waals surface area contributed by atoms with Crippen molar-refractivity contribution in [2.45, 2.75) is 12.8 Å². The van der Waals surface area contributed by atoms with Crippen LogP contribution in [0.25, 0.3) is 22.6 Å². The van der Waals surface area contributed by atoms with Crippen LogP contribution >= 0.6 is 11.3 Å². The van der Waals surface area contributed by atoms with E-state index < -0.39 is 41.6 Å². The predicted molar refractivity (Wildman–Crippen MR) is 127 cm³/mol. The third kappa shape index (κ3) is 4.42. The molecule has 4 aromatic rings. The van der Waals surface area contributed by atoms with Crippen molar-refractivity contribution < 1.29 is 27.5 Å². The molecule has 35 heavy (non-hydrogen) atoms. The Morgan fingerprint density at radius 3 is 2.66 bits per heavy atom. The number of carbonyl (C=O) groups is 2. The minimum absolute atomic E-state index is 0.326. The van der Waals surface area contributed by atoms with Gasteiger partial charge in [0.05, 0.1) is 22.5 Å². The number of amides is 1. The lowest BCUT2D eigenvalue weighted by atomic mass is 10.0. The molecule has 2 heterocycles. The quantitative estimate of drug-likeness (QED) is 0.273. The van der Waals surface area contributed by atoms with Gasteiger partial charge in [-0.15, -0.1) is 11.3 Å². The van der Waals surface area contributed by atoms with E-state index in [1.807, 2.05) is 23.6 Å². The van der Waals surface area contributed by atoms with Gasteiger partial charge in [0.15, 0.2) is 24.1 Å². The Hall–Kier alpha value is -3.98. The summed E-state index contributed by atoms with van der Waals surface area (Å²) in [6.07, 6.45) is 3.34. The van der Waals surface area contributed by atoms with E-state index in [2.05, 4.69) is 11.4 Å². The number of aromatic nitrogens is 1. The number of halogens is 3. The van der Waals surface area contributed by atoms with Crippen LogP contribution in [0.2, 0.25) is 0 Å². The molecule has 0 saturated heterocycles. The highest BCUT2D eigenvalue weighted by atomic mass is 32.1. The van der Waals surface area contributed by atoms with Crippen LogP contribution in [0.15, 0.2) is 53.9 Å². The van der Waals surface area contributed by atoms with Gasteiger partial charge in [-0.1, -0.05) is 24.3 Å². The van der Waals surface area contributed by atoms with Crippen LogP contribution in [0, 0.1) is 17.5 Å². The Morgan fingerprint density at radius 2 is 1.86 bits per heavy atom. The van der Waals surface area contributed by atoms with E-state index in [1.54, 1.807) is 29.5 Å². The normalized spacial score (nSPS) is 13.7. The molecule has 5 nitrogen and oxygen atoms in total. The van der Waals surface area contributed by atoms with Gasteiger partial charge in [0, 0.05) is 10.3 Å². The van der Waals surface area contributed by atoms with Crippen molar-refractivity contribution in [2.75, 3.05) is 11.9 Å². The van der Waals surface area contributed by atoms with E-state index in [-0.39, 0.29) is 0 Å². The predicted octanol–water partition coefficient (Wildman–Crippen LogP) is 6.00. The van der Waals surface area contributed by atoms with Gasteiger partial charge in [0.2, 0.25) is 0 Å². The zero-order valence-electron chi connectivity index (χ0n) is 18.1. The molecule has 0 unspecified atom stereocenters. The largest absolute Gasteiger partial charge is 0.452 e. The number of ether oxygens (including phenoxy) is 1. The second-order valence-corrected chi connectivity index (χ2v) is 8.84. The van der Waals surface area contributed by atoms with Crippen molar-refractivity contribution in [1.82, 2.24) is 4.98 Å². The second-order valence-electron chi connectivity index (χ2n) is 7.86. The minimum Gasteiger partial charge on any atom is -0.452 e. The summed E-state index contributed by atoms with van der Waals surface area (Å²) in [6.45, 7) is -0.736. The number of esters is 1. The van der Waals surface area contributed by atoms with Crippen molar-refractivity contribution in [3.05, 3.63) is 93.1 Å². The second kappa shape index (κ2) is 9.34. The molecule has 5 rings (SSSR count). The summed E-state index contributed by atoms with van der Waals surface area (Å²) >= 11 is 1.60. The average Bonchev–Trinajstić information content (AvgIpc) is 3.52. The number of thiophene rings is 1. The zero-order valence-corrected chi connectivity index (χ0v) is 18.9. The number of hydrogen-bond acceptors (Lipinski definition) is 5. The van der Waals surface area contributed by atoms with Crippen LogP contribution < -0.4 is 5.32 Å². The molecule has 1 aliphatic rings. The number of pyridine rings is 1. The summed E-state index contributed by atoms with van der Waals surface area (Å²) in [4.78, 5) is 31.2. The number of para-hydroxylation sites is 1. The maximum Gasteiger partial charge on any atom is 0.339 e. The van der Waals surface area contributed by atoms with Crippen LogP contribution in [-0.2, 0) is 16.0 Å². The van der Waals surface area contributed by atoms with Crippen LogP contribution in [0.3, 0.4) is 0 Å². The number of benzene rings is 2. The number of anilines is 1. The molecule has 2 aromatic heterocycles. The zero-order chi connectivity index (χ0) is 24.5. The molecule has 1 N–H and O–H groups in total. The smallest absolute Gasteiger partial charge is 0.339 e. The summed E-state index contributed by atoms with van der Waals surface area (Å²) in [5.41, 5.74) is 2.86. The van der Waals surface area contributed by atoms with Crippen molar-refractivity contribution in [3.8, 4) is 0 Å². The molecular weight excluding hydrogens is 477 g/mol. The van der Waals surface area contributed by atoms with Gasteiger partial charge in [-0.2, -0.15) is 0 Å². The van der Waals surface area contributed by atoms with Crippen LogP contribution in [0.1, 0.15) is 32.9 Å². The van der Waals surface area contributed by atoms with Gasteiger partial charge in [-0.25, -0.2) is 22.9 Å². The third-order valence-corrected chi connectivity index (χ3v) is 6.47. The first kappa shape index (κ1) is 22.8. The molecule has 0 atom stereocenters. The van der Waals surface area contributed by atoms with E-state index >= 15 is 0 Å². The van der Waals surface area contributed by atoms with Gasteiger partial charge >= 0.3 is 5.97 Å². The fourth-order valence-corrected chi connectivity index (χ4v) is 4.75. The summed E-state index contributed by atoms with van der Waals surface area (Å²) in [6, 6.07) is 12.7. The van der Waals surface area contributed by atoms with Gasteiger partial charge < -0.3 is 10.1 Å². The van der Waals surface area contributed by atoms with Crippen LogP contribution in [0.5, 0.6) is 0 Å². The highest BCUT2D eigenvalue weighted by Gasteiger charge is 2.28. The molecule has 0 saturated carbocycles. The Bertz CT molecular complexity index is 1500. The summed E-state index contributed by atoms with van der Waals surface area (Å²) in [5.74, 6) is -6.23. The number of allylic oxidation sites excluding steroid dienone is 1. The standard InChI is InChI=1S/C26H17F3N2O3S/c27-18-9-10-20(24(29)23(18)28)30-21(32)13-34-26(33)22-16-5-1-2-6-19(16)31-25-14(7-8-17(22)25)12-15-4-3-11-35-15/h1-6,9-12H,7-8,13H2,(H,30,32). The first-order chi connectivity index (χ1) is 16.9. The van der Waals surface area contributed by atoms with Crippen LogP contribution in [0.4, 0.5) is 18.9 Å². The minimum atomic E-state index is -1.70. The van der Waals surface area contributed by atoms with Gasteiger partial charge in [-0.05, 0) is 59.7 Å². The fraction of sp³-hybridized carbons (Fsp3) is 0.115. The van der Waals surface area contributed by atoms with Crippen molar-refractivity contribution in [3.63, 3.8) is 0 Å². The molecule has 0 radical (unpaired) electrons. The fourth-order valence-electron chi connectivity index (χ4n) is 4.07. The van der Waals surface area contributed by atoms with E-state index in [1.165, 1.54) is 0 Å². The van der Waals surface area contributed by atoms with Crippen LogP contribution in [-0.4, -0.2) is 23.5 Å². The third-order valence-electron chi connectivity index (χ3n) is 5.65. The van der Waals surface area contributed by atoms with E-state index in [4.69, 9.17) is 9.72 Å². The molecule has 0 fully saturated rings. The molecule has 176 valence electrons. The topological polar surface area (TPSA) is 68.3 Å². The molecule has 0 bridgehead atoms. The maximum absolute atomic E-state index is 13.8. The SMILES string of the molecule is O=C(COC(=O)c1c2c(nc3ccccc13)C(=Cc1cccs1)CC2)Nc1ccc(F)c(F)c1F. The van der Waals surface area contributed by atoms with E-state index in [0.29, 0.717) is 35.4 Å². The first-order valence-electron chi connectivity index (χ1n) is 10.7. The number of nitrogens with zero attached hydrogens (tertiary/aromatic N) is 1. The molecular formula is C26H17F3N2O3S. The van der Waals surface area contributed by atoms with Crippen molar-refractivity contribution in [2.24, 2.45) is 0 Å². The summed E-state index contributed by atoms with van der Waals surface area (Å²) in [7, 11) is 0. The number of carbonyl (C=O) groups excluding carboxylic acids is 2. The Labute approximate surface area is 201 Å². The van der Waals surface area contributed by atoms with Gasteiger partial charge in [0.25, 0.3) is 5.91 Å². The lowest BCUT2D eigenvalue weighted by Crippen LogP contribution is -2.22. The number of rotatable bonds is 5. The van der Waals surface area contributed by atoms with Gasteiger partial charge in [0.1, 0.15) is 0 Å². The lowest BCUT2D eigenvalue weighted by Gasteiger charge is -2.13. The van der Waals surface area contributed by atoms with Crippen molar-refractivity contribution in [1.29, 1.82) is 0 Å². The van der Waals surface area contributed by atoms with E-state index in [0.717, 1.165) is 27.8 Å². The molecule has 1 aliphatic carbocycles. The highest BCUT2D eigenvalue weighted by molar-refractivity contribution is 7.10. The summed E-state index contributed by atoms with van der Waals surface area (Å²) < 4.78 is 45.6. The maximum atomic E-state index is 13.8. The van der Waals surface area contributed by atoms with E-state index in [9.17, 15) is 22.8 Å². The number of nitrogens with one attached hydrogen (secondary N) is 1. The Kier molecular flexibility index (Phi) is 6.08. The molecule has 9 heteroatoms. The Morgan fingerprint density at radius 1 is 1.03 bits per heavy atom. The average molecular weight is 494 g/mol. The number of hydrogen-bond donors (Lipinski definition) is 1. The molecule has 0 aliphatic heterocycles. The molecule has 1 amide bonds. The number of fused-ring (bicyclic) bond motifs is 2. The highest BCUT2D eigenvalue weighted by Crippen LogP contribution is 2.38. The lowest BCUT2D eigenvalue weighted by molar-refractivity contribution is -0.119. The monoisotopic (exact) mass is 494 g/mol. The van der Waals surface area contributed by atoms with Crippen molar-refractivity contribution >= 4 is 51.5 Å². The van der Waals surface area contributed by atoms with Gasteiger partial charge in [-0.3, -0.25) is 4.79 Å². The molecule has 0 spiro atoms. The Balaban J connectivity index is 1.41. The summed E-state index contributed by atoms with van der Waals surface area (Å²) in [5, 5.41) is 4.67.